The highest BCUT2D eigenvalue weighted by Gasteiger charge is 2.27. The zero-order valence-corrected chi connectivity index (χ0v) is 16.9. The number of aryl methyl sites for hydroxylation is 2. The van der Waals surface area contributed by atoms with Crippen molar-refractivity contribution in [3.63, 3.8) is 0 Å². The molecule has 4 heterocycles. The van der Waals surface area contributed by atoms with Crippen molar-refractivity contribution in [1.82, 2.24) is 14.1 Å². The van der Waals surface area contributed by atoms with Crippen LogP contribution in [0.15, 0.2) is 67.1 Å². The summed E-state index contributed by atoms with van der Waals surface area (Å²) in [5.74, 6) is 0.0838. The fourth-order valence-electron chi connectivity index (χ4n) is 5.20. The number of benzene rings is 2. The van der Waals surface area contributed by atoms with Crippen LogP contribution >= 0.6 is 0 Å². The molecular formula is C26H22N4. The Morgan fingerprint density at radius 1 is 0.933 bits per heavy atom. The van der Waals surface area contributed by atoms with E-state index in [9.17, 15) is 5.26 Å². The molecule has 0 radical (unpaired) electrons. The lowest BCUT2D eigenvalue weighted by Gasteiger charge is -2.21. The Kier molecular flexibility index (Phi) is 3.66. The molecule has 0 saturated heterocycles. The van der Waals surface area contributed by atoms with Crippen LogP contribution < -0.4 is 0 Å². The molecule has 1 N–H and O–H groups in total. The molecule has 30 heavy (non-hydrogen) atoms. The first-order chi connectivity index (χ1) is 14.8. The highest BCUT2D eigenvalue weighted by Crippen LogP contribution is 2.44. The Hall–Kier alpha value is -3.71. The van der Waals surface area contributed by atoms with E-state index in [0.717, 1.165) is 19.4 Å². The molecule has 1 unspecified atom stereocenters. The van der Waals surface area contributed by atoms with Crippen LogP contribution in [0.25, 0.3) is 44.1 Å². The van der Waals surface area contributed by atoms with E-state index >= 15 is 0 Å². The number of nitrogens with zero attached hydrogens (tertiary/aromatic N) is 3. The molecule has 1 aliphatic rings. The number of hydrogen-bond acceptors (Lipinski definition) is 1. The largest absolute Gasteiger partial charge is 0.366 e. The van der Waals surface area contributed by atoms with Crippen molar-refractivity contribution >= 4 is 21.8 Å². The molecule has 6 rings (SSSR count). The van der Waals surface area contributed by atoms with E-state index in [2.05, 4.69) is 94.4 Å². The Labute approximate surface area is 175 Å². The number of aromatic nitrogens is 3. The van der Waals surface area contributed by atoms with Gasteiger partial charge in [0.25, 0.3) is 0 Å². The van der Waals surface area contributed by atoms with Gasteiger partial charge >= 0.3 is 0 Å². The molecule has 0 bridgehead atoms. The summed E-state index contributed by atoms with van der Waals surface area (Å²) >= 11 is 0. The summed E-state index contributed by atoms with van der Waals surface area (Å²) in [7, 11) is 2.10. The summed E-state index contributed by atoms with van der Waals surface area (Å²) in [5, 5.41) is 12.1. The molecule has 4 nitrogen and oxygen atoms in total. The Balaban J connectivity index is 1.64. The van der Waals surface area contributed by atoms with E-state index in [-0.39, 0.29) is 5.92 Å². The SMILES string of the molecule is Cn1cc(-c2c[nH]cc2-c2c3n(c4ccccc24)CCC(C#N)C3)c2ccccc21. The van der Waals surface area contributed by atoms with Crippen molar-refractivity contribution in [2.24, 2.45) is 13.0 Å². The van der Waals surface area contributed by atoms with Crippen LogP contribution in [0.2, 0.25) is 0 Å². The maximum absolute atomic E-state index is 9.60. The van der Waals surface area contributed by atoms with Crippen LogP contribution in [0, 0.1) is 17.2 Å². The number of H-pyrrole nitrogens is 1. The minimum Gasteiger partial charge on any atom is -0.366 e. The summed E-state index contributed by atoms with van der Waals surface area (Å²) in [6.07, 6.45) is 8.18. The van der Waals surface area contributed by atoms with Gasteiger partial charge in [-0.05, 0) is 18.6 Å². The molecule has 0 spiro atoms. The van der Waals surface area contributed by atoms with Gasteiger partial charge < -0.3 is 14.1 Å². The van der Waals surface area contributed by atoms with Gasteiger partial charge in [-0.2, -0.15) is 5.26 Å². The molecule has 4 heteroatoms. The van der Waals surface area contributed by atoms with Crippen LogP contribution in [-0.2, 0) is 20.0 Å². The standard InChI is InChI=1S/C26H22N4/c1-29-16-22(18-6-2-4-8-23(18)29)20-14-28-15-21(20)26-19-7-3-5-9-24(19)30-11-10-17(13-27)12-25(26)30/h2-9,14-17,28H,10-12H2,1H3. The first kappa shape index (κ1) is 17.2. The fraction of sp³-hybridized carbons (Fsp3) is 0.192. The van der Waals surface area contributed by atoms with Gasteiger partial charge in [-0.15, -0.1) is 0 Å². The van der Waals surface area contributed by atoms with Crippen molar-refractivity contribution in [1.29, 1.82) is 5.26 Å². The van der Waals surface area contributed by atoms with Crippen LogP contribution in [0.4, 0.5) is 0 Å². The molecule has 0 amide bonds. The zero-order valence-electron chi connectivity index (χ0n) is 16.9. The molecule has 3 aromatic heterocycles. The normalized spacial score (nSPS) is 16.1. The second kappa shape index (κ2) is 6.40. The summed E-state index contributed by atoms with van der Waals surface area (Å²) < 4.78 is 4.62. The van der Waals surface area contributed by atoms with Crippen molar-refractivity contribution in [3.8, 4) is 28.3 Å². The van der Waals surface area contributed by atoms with E-state index in [1.165, 1.54) is 49.8 Å². The van der Waals surface area contributed by atoms with Crippen LogP contribution in [-0.4, -0.2) is 14.1 Å². The van der Waals surface area contributed by atoms with Crippen molar-refractivity contribution < 1.29 is 0 Å². The number of hydrogen-bond donors (Lipinski definition) is 1. The van der Waals surface area contributed by atoms with Crippen molar-refractivity contribution in [2.45, 2.75) is 19.4 Å². The highest BCUT2D eigenvalue weighted by molar-refractivity contribution is 6.06. The molecule has 1 aliphatic heterocycles. The van der Waals surface area contributed by atoms with Gasteiger partial charge in [0.05, 0.1) is 12.0 Å². The predicted octanol–water partition coefficient (Wildman–Crippen LogP) is 5.88. The Morgan fingerprint density at radius 3 is 2.50 bits per heavy atom. The van der Waals surface area contributed by atoms with E-state index in [1.54, 1.807) is 0 Å². The zero-order chi connectivity index (χ0) is 20.2. The lowest BCUT2D eigenvalue weighted by Crippen LogP contribution is -2.18. The topological polar surface area (TPSA) is 49.4 Å². The first-order valence-electron chi connectivity index (χ1n) is 10.5. The van der Waals surface area contributed by atoms with E-state index < -0.39 is 0 Å². The molecule has 5 aromatic rings. The third kappa shape index (κ3) is 2.32. The third-order valence-corrected chi connectivity index (χ3v) is 6.60. The molecular weight excluding hydrogens is 368 g/mol. The Morgan fingerprint density at radius 2 is 1.67 bits per heavy atom. The number of rotatable bonds is 2. The van der Waals surface area contributed by atoms with Gasteiger partial charge in [-0.3, -0.25) is 0 Å². The molecule has 0 fully saturated rings. The number of nitriles is 1. The summed E-state index contributed by atoms with van der Waals surface area (Å²) in [4.78, 5) is 3.37. The number of fused-ring (bicyclic) bond motifs is 4. The fourth-order valence-corrected chi connectivity index (χ4v) is 5.20. The van der Waals surface area contributed by atoms with Gasteiger partial charge in [-0.1, -0.05) is 36.4 Å². The highest BCUT2D eigenvalue weighted by atomic mass is 15.0. The second-order valence-corrected chi connectivity index (χ2v) is 8.26. The van der Waals surface area contributed by atoms with Gasteiger partial charge in [0, 0.05) is 88.4 Å². The maximum atomic E-state index is 9.60. The summed E-state index contributed by atoms with van der Waals surface area (Å²) in [6, 6.07) is 19.7. The second-order valence-electron chi connectivity index (χ2n) is 8.26. The van der Waals surface area contributed by atoms with E-state index in [0.29, 0.717) is 0 Å². The molecule has 0 aliphatic carbocycles. The van der Waals surface area contributed by atoms with E-state index in [1.807, 2.05) is 0 Å². The number of aromatic amines is 1. The summed E-state index contributed by atoms with van der Waals surface area (Å²) in [6.45, 7) is 0.905. The van der Waals surface area contributed by atoms with Gasteiger partial charge in [0.2, 0.25) is 0 Å². The number of para-hydroxylation sites is 2. The smallest absolute Gasteiger partial charge is 0.0660 e. The minimum atomic E-state index is 0.0838. The lowest BCUT2D eigenvalue weighted by molar-refractivity contribution is 0.468. The third-order valence-electron chi connectivity index (χ3n) is 6.60. The lowest BCUT2D eigenvalue weighted by atomic mass is 9.91. The minimum absolute atomic E-state index is 0.0838. The molecule has 146 valence electrons. The quantitative estimate of drug-likeness (QED) is 0.402. The van der Waals surface area contributed by atoms with Crippen LogP contribution in [0.1, 0.15) is 12.1 Å². The van der Waals surface area contributed by atoms with Gasteiger partial charge in [0.1, 0.15) is 0 Å². The maximum Gasteiger partial charge on any atom is 0.0660 e. The average Bonchev–Trinajstić information content (AvgIpc) is 3.47. The summed E-state index contributed by atoms with van der Waals surface area (Å²) in [5.41, 5.74) is 8.72. The average molecular weight is 390 g/mol. The Bertz CT molecular complexity index is 1450. The van der Waals surface area contributed by atoms with Gasteiger partial charge in [-0.25, -0.2) is 0 Å². The first-order valence-corrected chi connectivity index (χ1v) is 10.5. The van der Waals surface area contributed by atoms with Crippen LogP contribution in [0.3, 0.4) is 0 Å². The van der Waals surface area contributed by atoms with Crippen molar-refractivity contribution in [2.75, 3.05) is 0 Å². The predicted molar refractivity (Wildman–Crippen MR) is 121 cm³/mol. The molecule has 1 atom stereocenters. The van der Waals surface area contributed by atoms with E-state index in [4.69, 9.17) is 0 Å². The van der Waals surface area contributed by atoms with Crippen LogP contribution in [0.5, 0.6) is 0 Å². The molecule has 2 aromatic carbocycles. The van der Waals surface area contributed by atoms with Crippen molar-refractivity contribution in [3.05, 3.63) is 72.8 Å². The van der Waals surface area contributed by atoms with Gasteiger partial charge in [0.15, 0.2) is 0 Å². The molecule has 0 saturated carbocycles. The monoisotopic (exact) mass is 390 g/mol. The number of nitrogens with one attached hydrogen (secondary N) is 1.